The highest BCUT2D eigenvalue weighted by atomic mass is 32.2. The van der Waals surface area contributed by atoms with Crippen molar-refractivity contribution in [2.24, 2.45) is 0 Å². The summed E-state index contributed by atoms with van der Waals surface area (Å²) in [5.74, 6) is 0.655. The van der Waals surface area contributed by atoms with Gasteiger partial charge in [-0.1, -0.05) is 43.3 Å². The number of unbranched alkanes of at least 4 members (excludes halogenated alkanes) is 1. The molecule has 1 aromatic rings. The number of rotatable bonds is 5. The monoisotopic (exact) mass is 320 g/mol. The Balaban J connectivity index is 2.24. The van der Waals surface area contributed by atoms with E-state index in [9.17, 15) is 9.90 Å². The van der Waals surface area contributed by atoms with E-state index < -0.39 is 0 Å². The largest absolute Gasteiger partial charge is 0.508 e. The minimum atomic E-state index is -0.372. The van der Waals surface area contributed by atoms with E-state index in [1.165, 1.54) is 11.8 Å². The number of nitriles is 1. The molecule has 6 heteroatoms. The number of carbonyl (C=O) groups is 1. The van der Waals surface area contributed by atoms with Crippen LogP contribution in [-0.2, 0) is 4.79 Å². The van der Waals surface area contributed by atoms with Crippen LogP contribution in [0.25, 0.3) is 0 Å². The highest BCUT2D eigenvalue weighted by molar-refractivity contribution is 8.22. The number of nitrogens with zero attached hydrogens (tertiary/aromatic N) is 1. The van der Waals surface area contributed by atoms with Crippen molar-refractivity contribution < 1.29 is 9.90 Å². The number of phenols is 1. The molecule has 1 heterocycles. The first kappa shape index (κ1) is 15.8. The predicted molar refractivity (Wildman–Crippen MR) is 86.6 cm³/mol. The third-order valence-electron chi connectivity index (χ3n) is 2.98. The van der Waals surface area contributed by atoms with Gasteiger partial charge in [0.05, 0.1) is 4.24 Å². The lowest BCUT2D eigenvalue weighted by Crippen LogP contribution is -2.31. The summed E-state index contributed by atoms with van der Waals surface area (Å²) in [5, 5.41) is 21.5. The molecule has 21 heavy (non-hydrogen) atoms. The molecular weight excluding hydrogens is 304 g/mol. The average Bonchev–Trinajstić information content (AvgIpc) is 2.47. The molecule has 0 aliphatic carbocycles. The molecule has 2 rings (SSSR count). The molecule has 1 atom stereocenters. The van der Waals surface area contributed by atoms with E-state index in [-0.39, 0.29) is 22.6 Å². The second-order valence-electron chi connectivity index (χ2n) is 4.51. The molecule has 0 radical (unpaired) electrons. The molecule has 0 aromatic heterocycles. The maximum Gasteiger partial charge on any atom is 0.264 e. The summed E-state index contributed by atoms with van der Waals surface area (Å²) in [4.78, 5) is 12.1. The number of amides is 1. The molecule has 1 aliphatic rings. The van der Waals surface area contributed by atoms with Crippen molar-refractivity contribution in [1.29, 1.82) is 5.26 Å². The van der Waals surface area contributed by atoms with Crippen molar-refractivity contribution in [2.45, 2.75) is 25.1 Å². The standard InChI is InChI=1S/C15H16N2O2S2/c1-2-3-8-20-15-11(9-16)13(19)17-14(21-15)10-6-4-5-7-12(10)18/h4-7,14,18H,2-3,8H2,1H3,(H,17,19)/t14-/m1/s1. The molecule has 1 aliphatic heterocycles. The molecule has 1 amide bonds. The second kappa shape index (κ2) is 7.43. The fourth-order valence-corrected chi connectivity index (χ4v) is 4.52. The summed E-state index contributed by atoms with van der Waals surface area (Å²) in [7, 11) is 0. The first-order valence-electron chi connectivity index (χ1n) is 6.70. The third-order valence-corrected chi connectivity index (χ3v) is 5.61. The van der Waals surface area contributed by atoms with Crippen LogP contribution in [0.3, 0.4) is 0 Å². The lowest BCUT2D eigenvalue weighted by molar-refractivity contribution is -0.117. The molecule has 110 valence electrons. The third kappa shape index (κ3) is 3.74. The van der Waals surface area contributed by atoms with E-state index in [4.69, 9.17) is 5.26 Å². The maximum atomic E-state index is 12.1. The lowest BCUT2D eigenvalue weighted by Gasteiger charge is -2.25. The van der Waals surface area contributed by atoms with Crippen molar-refractivity contribution in [1.82, 2.24) is 5.32 Å². The van der Waals surface area contributed by atoms with Gasteiger partial charge in [-0.15, -0.1) is 11.8 Å². The minimum Gasteiger partial charge on any atom is -0.508 e. The Morgan fingerprint density at radius 2 is 2.24 bits per heavy atom. The molecule has 0 spiro atoms. The van der Waals surface area contributed by atoms with Gasteiger partial charge in [-0.05, 0) is 18.2 Å². The van der Waals surface area contributed by atoms with Crippen LogP contribution in [0.1, 0.15) is 30.7 Å². The van der Waals surface area contributed by atoms with Gasteiger partial charge < -0.3 is 10.4 Å². The quantitative estimate of drug-likeness (QED) is 0.812. The van der Waals surface area contributed by atoms with Crippen molar-refractivity contribution in [3.05, 3.63) is 39.6 Å². The fraction of sp³-hybridized carbons (Fsp3) is 0.333. The van der Waals surface area contributed by atoms with Gasteiger partial charge in [-0.25, -0.2) is 0 Å². The van der Waals surface area contributed by atoms with Gasteiger partial charge in [0.25, 0.3) is 5.91 Å². The summed E-state index contributed by atoms with van der Waals surface area (Å²) in [6.45, 7) is 2.10. The molecule has 0 unspecified atom stereocenters. The topological polar surface area (TPSA) is 73.1 Å². The Morgan fingerprint density at radius 1 is 1.48 bits per heavy atom. The summed E-state index contributed by atoms with van der Waals surface area (Å²) in [6, 6.07) is 8.90. The van der Waals surface area contributed by atoms with E-state index in [1.54, 1.807) is 30.0 Å². The van der Waals surface area contributed by atoms with E-state index in [0.29, 0.717) is 5.56 Å². The predicted octanol–water partition coefficient (Wildman–Crippen LogP) is 3.52. The summed E-state index contributed by atoms with van der Waals surface area (Å²) in [5.41, 5.74) is 0.828. The van der Waals surface area contributed by atoms with Gasteiger partial charge >= 0.3 is 0 Å². The Morgan fingerprint density at radius 3 is 2.90 bits per heavy atom. The highest BCUT2D eigenvalue weighted by Crippen LogP contribution is 2.45. The maximum absolute atomic E-state index is 12.1. The number of hydrogen-bond donors (Lipinski definition) is 2. The summed E-state index contributed by atoms with van der Waals surface area (Å²) < 4.78 is 0.739. The zero-order chi connectivity index (χ0) is 15.2. The highest BCUT2D eigenvalue weighted by Gasteiger charge is 2.30. The lowest BCUT2D eigenvalue weighted by atomic mass is 10.2. The molecule has 0 fully saturated rings. The number of carbonyl (C=O) groups excluding carboxylic acids is 1. The Kier molecular flexibility index (Phi) is 5.59. The van der Waals surface area contributed by atoms with E-state index >= 15 is 0 Å². The van der Waals surface area contributed by atoms with E-state index in [1.807, 2.05) is 12.1 Å². The van der Waals surface area contributed by atoms with Crippen molar-refractivity contribution in [2.75, 3.05) is 5.75 Å². The summed E-state index contributed by atoms with van der Waals surface area (Å²) in [6.07, 6.45) is 2.11. The van der Waals surface area contributed by atoms with Gasteiger partial charge in [0.2, 0.25) is 0 Å². The zero-order valence-electron chi connectivity index (χ0n) is 11.6. The first-order valence-corrected chi connectivity index (χ1v) is 8.56. The van der Waals surface area contributed by atoms with Gasteiger partial charge in [0.15, 0.2) is 0 Å². The smallest absolute Gasteiger partial charge is 0.264 e. The number of phenolic OH excluding ortho intramolecular Hbond substituents is 1. The Hall–Kier alpha value is -1.58. The van der Waals surface area contributed by atoms with Crippen LogP contribution >= 0.6 is 23.5 Å². The fourth-order valence-electron chi connectivity index (χ4n) is 1.84. The van der Waals surface area contributed by atoms with Crippen LogP contribution in [0.5, 0.6) is 5.75 Å². The van der Waals surface area contributed by atoms with Crippen molar-refractivity contribution in [3.63, 3.8) is 0 Å². The molecule has 2 N–H and O–H groups in total. The Bertz CT molecular complexity index is 608. The Labute approximate surface area is 132 Å². The molecule has 0 saturated heterocycles. The van der Waals surface area contributed by atoms with E-state index in [0.717, 1.165) is 22.8 Å². The molecule has 1 aromatic carbocycles. The molecule has 0 saturated carbocycles. The summed E-state index contributed by atoms with van der Waals surface area (Å²) >= 11 is 2.95. The number of aromatic hydroxyl groups is 1. The molecule has 4 nitrogen and oxygen atoms in total. The second-order valence-corrected chi connectivity index (χ2v) is 6.99. The number of benzene rings is 1. The van der Waals surface area contributed by atoms with Crippen LogP contribution < -0.4 is 5.32 Å². The number of hydrogen-bond acceptors (Lipinski definition) is 5. The van der Waals surface area contributed by atoms with Gasteiger partial charge in [-0.3, -0.25) is 4.79 Å². The zero-order valence-corrected chi connectivity index (χ0v) is 13.3. The van der Waals surface area contributed by atoms with Gasteiger partial charge in [0.1, 0.15) is 22.8 Å². The van der Waals surface area contributed by atoms with Crippen LogP contribution in [0.15, 0.2) is 34.1 Å². The van der Waals surface area contributed by atoms with Crippen LogP contribution in [0, 0.1) is 11.3 Å². The number of para-hydroxylation sites is 1. The number of thioether (sulfide) groups is 2. The first-order chi connectivity index (χ1) is 10.2. The van der Waals surface area contributed by atoms with Crippen molar-refractivity contribution >= 4 is 29.4 Å². The van der Waals surface area contributed by atoms with E-state index in [2.05, 4.69) is 12.2 Å². The SMILES string of the molecule is CCCCSC1=C(C#N)C(=O)N[C@@H](c2ccccc2O)S1. The molecular formula is C15H16N2O2S2. The van der Waals surface area contributed by atoms with Gasteiger partial charge in [0, 0.05) is 5.56 Å². The average molecular weight is 320 g/mol. The number of nitrogens with one attached hydrogen (secondary N) is 1. The molecule has 0 bridgehead atoms. The minimum absolute atomic E-state index is 0.147. The van der Waals surface area contributed by atoms with Crippen molar-refractivity contribution in [3.8, 4) is 11.8 Å². The van der Waals surface area contributed by atoms with Gasteiger partial charge in [-0.2, -0.15) is 5.26 Å². The normalized spacial score (nSPS) is 18.3. The van der Waals surface area contributed by atoms with Crippen LogP contribution in [0.2, 0.25) is 0 Å². The van der Waals surface area contributed by atoms with Crippen LogP contribution in [0.4, 0.5) is 0 Å². The van der Waals surface area contributed by atoms with Crippen LogP contribution in [-0.4, -0.2) is 16.8 Å².